The number of carbonyl (C=O) groups is 1. The van der Waals surface area contributed by atoms with Gasteiger partial charge in [-0.05, 0) is 31.5 Å². The van der Waals surface area contributed by atoms with Crippen LogP contribution in [0.3, 0.4) is 0 Å². The molecular formula is C15H19N3O. The number of rotatable bonds is 5. The summed E-state index contributed by atoms with van der Waals surface area (Å²) in [4.78, 5) is 16.0. The lowest BCUT2D eigenvalue weighted by molar-refractivity contribution is -0.122. The van der Waals surface area contributed by atoms with Crippen LogP contribution in [0.5, 0.6) is 0 Å². The van der Waals surface area contributed by atoms with Gasteiger partial charge in [0, 0.05) is 24.7 Å². The quantitative estimate of drug-likeness (QED) is 0.859. The number of carbonyl (C=O) groups excluding carboxylic acids is 1. The molecule has 0 fully saturated rings. The van der Waals surface area contributed by atoms with Crippen molar-refractivity contribution < 1.29 is 4.79 Å². The van der Waals surface area contributed by atoms with Gasteiger partial charge in [0.25, 0.3) is 0 Å². The first-order valence-electron chi connectivity index (χ1n) is 6.56. The van der Waals surface area contributed by atoms with E-state index in [1.54, 1.807) is 6.20 Å². The van der Waals surface area contributed by atoms with Gasteiger partial charge in [-0.15, -0.1) is 0 Å². The molecule has 0 aliphatic rings. The van der Waals surface area contributed by atoms with Crippen LogP contribution in [0.25, 0.3) is 10.9 Å². The van der Waals surface area contributed by atoms with Gasteiger partial charge >= 0.3 is 0 Å². The second-order valence-electron chi connectivity index (χ2n) is 4.48. The predicted molar refractivity (Wildman–Crippen MR) is 76.7 cm³/mol. The number of pyridine rings is 1. The first-order chi connectivity index (χ1) is 9.22. The van der Waals surface area contributed by atoms with Gasteiger partial charge in [-0.1, -0.05) is 18.2 Å². The standard InChI is InChI=1S/C15H19N3O/c1-3-16-15(19)11(2)18-10-12-8-9-17-14-7-5-4-6-13(12)14/h4-9,11,18H,3,10H2,1-2H3,(H,16,19). The SMILES string of the molecule is CCNC(=O)C(C)NCc1ccnc2ccccc12. The van der Waals surface area contributed by atoms with Crippen molar-refractivity contribution in [1.82, 2.24) is 15.6 Å². The first kappa shape index (κ1) is 13.5. The molecule has 0 saturated carbocycles. The monoisotopic (exact) mass is 257 g/mol. The Balaban J connectivity index is 2.08. The van der Waals surface area contributed by atoms with Gasteiger partial charge in [-0.3, -0.25) is 9.78 Å². The smallest absolute Gasteiger partial charge is 0.236 e. The van der Waals surface area contributed by atoms with E-state index < -0.39 is 0 Å². The average Bonchev–Trinajstić information content (AvgIpc) is 2.45. The van der Waals surface area contributed by atoms with Gasteiger partial charge in [0.05, 0.1) is 11.6 Å². The Kier molecular flexibility index (Phi) is 4.47. The van der Waals surface area contributed by atoms with E-state index in [9.17, 15) is 4.79 Å². The summed E-state index contributed by atoms with van der Waals surface area (Å²) in [5.74, 6) is 0.0286. The molecule has 2 rings (SSSR count). The van der Waals surface area contributed by atoms with Gasteiger partial charge in [0.1, 0.15) is 0 Å². The third kappa shape index (κ3) is 3.29. The first-order valence-corrected chi connectivity index (χ1v) is 6.56. The molecule has 100 valence electrons. The molecule has 1 amide bonds. The number of aromatic nitrogens is 1. The number of hydrogen-bond acceptors (Lipinski definition) is 3. The summed E-state index contributed by atoms with van der Waals surface area (Å²) in [6.07, 6.45) is 1.80. The number of amides is 1. The lowest BCUT2D eigenvalue weighted by Gasteiger charge is -2.14. The van der Waals surface area contributed by atoms with Gasteiger partial charge < -0.3 is 10.6 Å². The van der Waals surface area contributed by atoms with Crippen LogP contribution >= 0.6 is 0 Å². The van der Waals surface area contributed by atoms with E-state index in [-0.39, 0.29) is 11.9 Å². The van der Waals surface area contributed by atoms with E-state index in [0.29, 0.717) is 13.1 Å². The number of para-hydroxylation sites is 1. The molecule has 0 spiro atoms. The molecule has 1 atom stereocenters. The normalized spacial score (nSPS) is 12.3. The Morgan fingerprint density at radius 2 is 2.11 bits per heavy atom. The van der Waals surface area contributed by atoms with Crippen LogP contribution < -0.4 is 10.6 Å². The molecule has 0 aliphatic heterocycles. The zero-order valence-corrected chi connectivity index (χ0v) is 11.3. The number of nitrogens with zero attached hydrogens (tertiary/aromatic N) is 1. The minimum absolute atomic E-state index is 0.0286. The van der Waals surface area contributed by atoms with Gasteiger partial charge in [0.15, 0.2) is 0 Å². The molecule has 0 bridgehead atoms. The maximum absolute atomic E-state index is 11.6. The predicted octanol–water partition coefficient (Wildman–Crippen LogP) is 1.85. The second kappa shape index (κ2) is 6.29. The van der Waals surface area contributed by atoms with E-state index in [1.165, 1.54) is 0 Å². The summed E-state index contributed by atoms with van der Waals surface area (Å²) in [5, 5.41) is 7.17. The van der Waals surface area contributed by atoms with Crippen LogP contribution in [-0.4, -0.2) is 23.5 Å². The highest BCUT2D eigenvalue weighted by Crippen LogP contribution is 2.15. The van der Waals surface area contributed by atoms with Crippen molar-refractivity contribution in [2.24, 2.45) is 0 Å². The Hall–Kier alpha value is -1.94. The van der Waals surface area contributed by atoms with Crippen LogP contribution in [0.4, 0.5) is 0 Å². The number of nitrogens with one attached hydrogen (secondary N) is 2. The summed E-state index contributed by atoms with van der Waals surface area (Å²) in [6.45, 7) is 5.10. The molecule has 4 heteroatoms. The molecular weight excluding hydrogens is 238 g/mol. The average molecular weight is 257 g/mol. The minimum atomic E-state index is -0.202. The fourth-order valence-corrected chi connectivity index (χ4v) is 1.99. The number of benzene rings is 1. The van der Waals surface area contributed by atoms with Crippen molar-refractivity contribution >= 4 is 16.8 Å². The highest BCUT2D eigenvalue weighted by molar-refractivity contribution is 5.82. The summed E-state index contributed by atoms with van der Waals surface area (Å²) in [7, 11) is 0. The third-order valence-corrected chi connectivity index (χ3v) is 3.08. The Morgan fingerprint density at radius 3 is 2.89 bits per heavy atom. The van der Waals surface area contributed by atoms with E-state index in [0.717, 1.165) is 16.5 Å². The topological polar surface area (TPSA) is 54.0 Å². The van der Waals surface area contributed by atoms with Crippen molar-refractivity contribution in [3.05, 3.63) is 42.1 Å². The number of likely N-dealkylation sites (N-methyl/N-ethyl adjacent to an activating group) is 1. The number of hydrogen-bond donors (Lipinski definition) is 2. The molecule has 0 radical (unpaired) electrons. The van der Waals surface area contributed by atoms with Crippen molar-refractivity contribution in [3.8, 4) is 0 Å². The molecule has 2 aromatic rings. The van der Waals surface area contributed by atoms with E-state index in [4.69, 9.17) is 0 Å². The number of fused-ring (bicyclic) bond motifs is 1. The third-order valence-electron chi connectivity index (χ3n) is 3.08. The largest absolute Gasteiger partial charge is 0.355 e. The van der Waals surface area contributed by atoms with Crippen LogP contribution in [0, 0.1) is 0 Å². The van der Waals surface area contributed by atoms with Crippen LogP contribution in [0.2, 0.25) is 0 Å². The zero-order chi connectivity index (χ0) is 13.7. The highest BCUT2D eigenvalue weighted by Gasteiger charge is 2.11. The molecule has 19 heavy (non-hydrogen) atoms. The molecule has 1 aromatic carbocycles. The lowest BCUT2D eigenvalue weighted by Crippen LogP contribution is -2.41. The van der Waals surface area contributed by atoms with Gasteiger partial charge in [-0.25, -0.2) is 0 Å². The highest BCUT2D eigenvalue weighted by atomic mass is 16.2. The van der Waals surface area contributed by atoms with Crippen molar-refractivity contribution in [1.29, 1.82) is 0 Å². The van der Waals surface area contributed by atoms with E-state index in [2.05, 4.69) is 21.7 Å². The van der Waals surface area contributed by atoms with Crippen molar-refractivity contribution in [2.75, 3.05) is 6.54 Å². The minimum Gasteiger partial charge on any atom is -0.355 e. The molecule has 2 N–H and O–H groups in total. The fourth-order valence-electron chi connectivity index (χ4n) is 1.99. The molecule has 1 heterocycles. The molecule has 1 unspecified atom stereocenters. The van der Waals surface area contributed by atoms with Crippen molar-refractivity contribution in [3.63, 3.8) is 0 Å². The maximum Gasteiger partial charge on any atom is 0.236 e. The summed E-state index contributed by atoms with van der Waals surface area (Å²) in [5.41, 5.74) is 2.13. The second-order valence-corrected chi connectivity index (χ2v) is 4.48. The van der Waals surface area contributed by atoms with E-state index in [1.807, 2.05) is 38.1 Å². The zero-order valence-electron chi connectivity index (χ0n) is 11.3. The van der Waals surface area contributed by atoms with Gasteiger partial charge in [-0.2, -0.15) is 0 Å². The Morgan fingerprint density at radius 1 is 1.32 bits per heavy atom. The van der Waals surface area contributed by atoms with E-state index >= 15 is 0 Å². The molecule has 1 aromatic heterocycles. The Bertz CT molecular complexity index is 563. The summed E-state index contributed by atoms with van der Waals surface area (Å²) in [6, 6.07) is 9.80. The Labute approximate surface area is 113 Å². The molecule has 0 aliphatic carbocycles. The molecule has 4 nitrogen and oxygen atoms in total. The maximum atomic E-state index is 11.6. The lowest BCUT2D eigenvalue weighted by atomic mass is 10.1. The van der Waals surface area contributed by atoms with Crippen LogP contribution in [0.15, 0.2) is 36.5 Å². The molecule has 0 saturated heterocycles. The van der Waals surface area contributed by atoms with Crippen LogP contribution in [-0.2, 0) is 11.3 Å². The van der Waals surface area contributed by atoms with Gasteiger partial charge in [0.2, 0.25) is 5.91 Å². The summed E-state index contributed by atoms with van der Waals surface area (Å²) < 4.78 is 0. The fraction of sp³-hybridized carbons (Fsp3) is 0.333. The van der Waals surface area contributed by atoms with Crippen LogP contribution in [0.1, 0.15) is 19.4 Å². The summed E-state index contributed by atoms with van der Waals surface area (Å²) >= 11 is 0. The van der Waals surface area contributed by atoms with Crippen molar-refractivity contribution in [2.45, 2.75) is 26.4 Å².